The van der Waals surface area contributed by atoms with Crippen molar-refractivity contribution >= 4 is 11.9 Å². The number of unbranched alkanes of at least 4 members (excludes halogenated alkanes) is 2. The highest BCUT2D eigenvalue weighted by atomic mass is 16.2. The third kappa shape index (κ3) is 5.58. The summed E-state index contributed by atoms with van der Waals surface area (Å²) in [6.45, 7) is 4.28. The number of carbonyl (C=O) groups is 2. The van der Waals surface area contributed by atoms with Crippen LogP contribution >= 0.6 is 0 Å². The standard InChI is InChI=1S/C18H27N3O2/c1-2-3-7-12-19-18(23)21-13-10-16(11-14-21)20-17(22)15-8-5-4-6-9-15/h4-6,8-9,16H,2-3,7,10-14H2,1H3,(H,19,23)(H,20,22). The number of piperidine rings is 1. The summed E-state index contributed by atoms with van der Waals surface area (Å²) in [7, 11) is 0. The Hall–Kier alpha value is -2.04. The number of hydrogen-bond acceptors (Lipinski definition) is 2. The van der Waals surface area contributed by atoms with E-state index < -0.39 is 0 Å². The molecule has 0 atom stereocenters. The zero-order valence-corrected chi connectivity index (χ0v) is 13.9. The molecule has 3 amide bonds. The Labute approximate surface area is 138 Å². The highest BCUT2D eigenvalue weighted by Crippen LogP contribution is 2.11. The van der Waals surface area contributed by atoms with Gasteiger partial charge >= 0.3 is 6.03 Å². The summed E-state index contributed by atoms with van der Waals surface area (Å²) in [5.41, 5.74) is 0.684. The van der Waals surface area contributed by atoms with Gasteiger partial charge in [-0.05, 0) is 31.4 Å². The summed E-state index contributed by atoms with van der Waals surface area (Å²) >= 11 is 0. The van der Waals surface area contributed by atoms with Gasteiger partial charge in [0, 0.05) is 31.2 Å². The van der Waals surface area contributed by atoms with Gasteiger partial charge in [0.25, 0.3) is 5.91 Å². The van der Waals surface area contributed by atoms with Crippen molar-refractivity contribution in [2.45, 2.75) is 45.1 Å². The Morgan fingerprint density at radius 2 is 1.83 bits per heavy atom. The minimum Gasteiger partial charge on any atom is -0.349 e. The maximum absolute atomic E-state index is 12.1. The largest absolute Gasteiger partial charge is 0.349 e. The highest BCUT2D eigenvalue weighted by molar-refractivity contribution is 5.94. The third-order valence-corrected chi connectivity index (χ3v) is 4.21. The quantitative estimate of drug-likeness (QED) is 0.793. The molecule has 1 heterocycles. The van der Waals surface area contributed by atoms with Crippen molar-refractivity contribution in [3.63, 3.8) is 0 Å². The van der Waals surface area contributed by atoms with Crippen molar-refractivity contribution < 1.29 is 9.59 Å². The van der Waals surface area contributed by atoms with Gasteiger partial charge in [0.05, 0.1) is 0 Å². The number of nitrogens with one attached hydrogen (secondary N) is 2. The van der Waals surface area contributed by atoms with Gasteiger partial charge in [0.1, 0.15) is 0 Å². The van der Waals surface area contributed by atoms with E-state index in [9.17, 15) is 9.59 Å². The predicted octanol–water partition coefficient (Wildman–Crippen LogP) is 2.78. The number of rotatable bonds is 6. The topological polar surface area (TPSA) is 61.4 Å². The molecule has 1 aliphatic heterocycles. The average molecular weight is 317 g/mol. The Bertz CT molecular complexity index is 496. The first-order chi connectivity index (χ1) is 11.2. The lowest BCUT2D eigenvalue weighted by molar-refractivity contribution is 0.0918. The number of nitrogens with zero attached hydrogens (tertiary/aromatic N) is 1. The second-order valence-electron chi connectivity index (χ2n) is 6.04. The summed E-state index contributed by atoms with van der Waals surface area (Å²) in [4.78, 5) is 26.0. The fraction of sp³-hybridized carbons (Fsp3) is 0.556. The van der Waals surface area contributed by atoms with Crippen LogP contribution in [0.4, 0.5) is 4.79 Å². The van der Waals surface area contributed by atoms with E-state index in [1.54, 1.807) is 0 Å². The molecule has 2 rings (SSSR count). The lowest BCUT2D eigenvalue weighted by Gasteiger charge is -2.32. The van der Waals surface area contributed by atoms with Gasteiger partial charge in [-0.15, -0.1) is 0 Å². The zero-order chi connectivity index (χ0) is 16.5. The molecule has 1 aliphatic rings. The molecule has 5 nitrogen and oxygen atoms in total. The number of urea groups is 1. The molecular weight excluding hydrogens is 290 g/mol. The lowest BCUT2D eigenvalue weighted by Crippen LogP contribution is -2.49. The molecule has 0 bridgehead atoms. The minimum atomic E-state index is -0.0342. The van der Waals surface area contributed by atoms with Crippen LogP contribution in [-0.4, -0.2) is 42.5 Å². The van der Waals surface area contributed by atoms with Crippen LogP contribution in [0.3, 0.4) is 0 Å². The van der Waals surface area contributed by atoms with Crippen LogP contribution in [0.1, 0.15) is 49.4 Å². The van der Waals surface area contributed by atoms with Crippen LogP contribution in [-0.2, 0) is 0 Å². The molecule has 1 saturated heterocycles. The van der Waals surface area contributed by atoms with Crippen LogP contribution in [0, 0.1) is 0 Å². The van der Waals surface area contributed by atoms with E-state index in [1.807, 2.05) is 35.2 Å². The normalized spacial score (nSPS) is 15.3. The molecule has 0 spiro atoms. The van der Waals surface area contributed by atoms with Crippen LogP contribution < -0.4 is 10.6 Å². The highest BCUT2D eigenvalue weighted by Gasteiger charge is 2.23. The third-order valence-electron chi connectivity index (χ3n) is 4.21. The molecule has 2 N–H and O–H groups in total. The molecule has 0 aromatic heterocycles. The van der Waals surface area contributed by atoms with Crippen molar-refractivity contribution in [1.29, 1.82) is 0 Å². The monoisotopic (exact) mass is 317 g/mol. The molecule has 23 heavy (non-hydrogen) atoms. The Balaban J connectivity index is 1.69. The van der Waals surface area contributed by atoms with Gasteiger partial charge < -0.3 is 15.5 Å². The van der Waals surface area contributed by atoms with E-state index >= 15 is 0 Å². The fourth-order valence-corrected chi connectivity index (χ4v) is 2.77. The molecule has 5 heteroatoms. The molecule has 0 aliphatic carbocycles. The first-order valence-corrected chi connectivity index (χ1v) is 8.59. The van der Waals surface area contributed by atoms with E-state index in [2.05, 4.69) is 17.6 Å². The van der Waals surface area contributed by atoms with E-state index in [-0.39, 0.29) is 18.0 Å². The lowest BCUT2D eigenvalue weighted by atomic mass is 10.0. The van der Waals surface area contributed by atoms with Gasteiger partial charge in [0.15, 0.2) is 0 Å². The van der Waals surface area contributed by atoms with Gasteiger partial charge in [-0.1, -0.05) is 38.0 Å². The summed E-state index contributed by atoms with van der Waals surface area (Å²) in [6, 6.07) is 9.42. The number of likely N-dealkylation sites (tertiary alicyclic amines) is 1. The molecule has 126 valence electrons. The van der Waals surface area contributed by atoms with Crippen molar-refractivity contribution in [2.75, 3.05) is 19.6 Å². The summed E-state index contributed by atoms with van der Waals surface area (Å²) in [6.07, 6.45) is 4.95. The second kappa shape index (κ2) is 9.18. The van der Waals surface area contributed by atoms with Crippen molar-refractivity contribution in [1.82, 2.24) is 15.5 Å². The average Bonchev–Trinajstić information content (AvgIpc) is 2.60. The predicted molar refractivity (Wildman–Crippen MR) is 91.4 cm³/mol. The van der Waals surface area contributed by atoms with Crippen molar-refractivity contribution in [2.24, 2.45) is 0 Å². The SMILES string of the molecule is CCCCCNC(=O)N1CCC(NC(=O)c2ccccc2)CC1. The molecule has 0 saturated carbocycles. The minimum absolute atomic E-state index is 0.0222. The first-order valence-electron chi connectivity index (χ1n) is 8.59. The number of carbonyl (C=O) groups excluding carboxylic acids is 2. The van der Waals surface area contributed by atoms with E-state index in [1.165, 1.54) is 0 Å². The Kier molecular flexibility index (Phi) is 6.91. The molecule has 1 fully saturated rings. The molecular formula is C18H27N3O2. The summed E-state index contributed by atoms with van der Waals surface area (Å²) in [5.74, 6) is -0.0342. The van der Waals surface area contributed by atoms with Gasteiger partial charge in [0.2, 0.25) is 0 Å². The fourth-order valence-electron chi connectivity index (χ4n) is 2.77. The van der Waals surface area contributed by atoms with Crippen molar-refractivity contribution in [3.05, 3.63) is 35.9 Å². The zero-order valence-electron chi connectivity index (χ0n) is 13.9. The smallest absolute Gasteiger partial charge is 0.317 e. The summed E-state index contributed by atoms with van der Waals surface area (Å²) < 4.78 is 0. The van der Waals surface area contributed by atoms with Crippen LogP contribution in [0.2, 0.25) is 0 Å². The maximum atomic E-state index is 12.1. The van der Waals surface area contributed by atoms with Gasteiger partial charge in [-0.2, -0.15) is 0 Å². The molecule has 0 unspecified atom stereocenters. The van der Waals surface area contributed by atoms with E-state index in [4.69, 9.17) is 0 Å². The number of amides is 3. The van der Waals surface area contributed by atoms with E-state index in [0.717, 1.165) is 38.6 Å². The maximum Gasteiger partial charge on any atom is 0.317 e. The summed E-state index contributed by atoms with van der Waals surface area (Å²) in [5, 5.41) is 6.03. The second-order valence-corrected chi connectivity index (χ2v) is 6.04. The van der Waals surface area contributed by atoms with Gasteiger partial charge in [-0.25, -0.2) is 4.79 Å². The van der Waals surface area contributed by atoms with Crippen LogP contribution in [0.15, 0.2) is 30.3 Å². The number of benzene rings is 1. The van der Waals surface area contributed by atoms with Crippen LogP contribution in [0.5, 0.6) is 0 Å². The van der Waals surface area contributed by atoms with Gasteiger partial charge in [-0.3, -0.25) is 4.79 Å². The number of hydrogen-bond donors (Lipinski definition) is 2. The van der Waals surface area contributed by atoms with E-state index in [0.29, 0.717) is 18.7 Å². The molecule has 1 aromatic rings. The molecule has 0 radical (unpaired) electrons. The van der Waals surface area contributed by atoms with Crippen LogP contribution in [0.25, 0.3) is 0 Å². The first kappa shape index (κ1) is 17.3. The molecule has 1 aromatic carbocycles. The Morgan fingerprint density at radius 1 is 1.13 bits per heavy atom. The van der Waals surface area contributed by atoms with Crippen molar-refractivity contribution in [3.8, 4) is 0 Å². The Morgan fingerprint density at radius 3 is 2.48 bits per heavy atom.